The van der Waals surface area contributed by atoms with Crippen LogP contribution < -0.4 is 11.1 Å². The molecule has 0 aliphatic heterocycles. The highest BCUT2D eigenvalue weighted by atomic mass is 127. The molecule has 3 rings (SSSR count). The monoisotopic (exact) mass is 395 g/mol. The van der Waals surface area contributed by atoms with Crippen LogP contribution >= 0.6 is 34.2 Å². The molecule has 3 nitrogen and oxygen atoms in total. The topological polar surface area (TPSA) is 50.9 Å². The maximum atomic E-state index is 6.26. The van der Waals surface area contributed by atoms with Crippen LogP contribution in [0.1, 0.15) is 0 Å². The summed E-state index contributed by atoms with van der Waals surface area (Å²) in [5, 5.41) is 4.95. The highest BCUT2D eigenvalue weighted by Crippen LogP contribution is 2.33. The van der Waals surface area contributed by atoms with Gasteiger partial charge in [0.1, 0.15) is 0 Å². The fraction of sp³-hybridized carbons (Fsp3) is 0. The van der Waals surface area contributed by atoms with Crippen molar-refractivity contribution in [2.24, 2.45) is 0 Å². The second-order valence-electron chi connectivity index (χ2n) is 4.35. The Kier molecular flexibility index (Phi) is 3.67. The third kappa shape index (κ3) is 2.53. The van der Waals surface area contributed by atoms with E-state index in [1.165, 1.54) is 0 Å². The number of fused-ring (bicyclic) bond motifs is 1. The van der Waals surface area contributed by atoms with E-state index in [9.17, 15) is 0 Å². The van der Waals surface area contributed by atoms with Gasteiger partial charge in [0, 0.05) is 8.96 Å². The van der Waals surface area contributed by atoms with Gasteiger partial charge in [-0.05, 0) is 46.9 Å². The molecule has 20 heavy (non-hydrogen) atoms. The number of rotatable bonds is 2. The Morgan fingerprint density at radius 1 is 1.15 bits per heavy atom. The van der Waals surface area contributed by atoms with Gasteiger partial charge in [-0.2, -0.15) is 0 Å². The summed E-state index contributed by atoms with van der Waals surface area (Å²) in [4.78, 5) is 4.32. The fourth-order valence-electron chi connectivity index (χ4n) is 2.02. The van der Waals surface area contributed by atoms with Crippen LogP contribution in [0.3, 0.4) is 0 Å². The molecule has 0 atom stereocenters. The molecule has 0 aliphatic carbocycles. The lowest BCUT2D eigenvalue weighted by atomic mass is 10.1. The van der Waals surface area contributed by atoms with Crippen molar-refractivity contribution in [1.29, 1.82) is 0 Å². The fourth-order valence-corrected chi connectivity index (χ4v) is 2.92. The van der Waals surface area contributed by atoms with E-state index in [0.717, 1.165) is 25.8 Å². The van der Waals surface area contributed by atoms with Gasteiger partial charge < -0.3 is 11.1 Å². The molecule has 5 heteroatoms. The molecule has 3 aromatic rings. The molecule has 100 valence electrons. The zero-order chi connectivity index (χ0) is 14.1. The van der Waals surface area contributed by atoms with Gasteiger partial charge >= 0.3 is 0 Å². The van der Waals surface area contributed by atoms with Gasteiger partial charge in [-0.1, -0.05) is 29.8 Å². The van der Waals surface area contributed by atoms with E-state index in [1.54, 1.807) is 6.20 Å². The molecule has 3 N–H and O–H groups in total. The zero-order valence-electron chi connectivity index (χ0n) is 10.4. The van der Waals surface area contributed by atoms with Crippen molar-refractivity contribution in [3.8, 4) is 0 Å². The van der Waals surface area contributed by atoms with Crippen molar-refractivity contribution in [2.45, 2.75) is 0 Å². The summed E-state index contributed by atoms with van der Waals surface area (Å²) >= 11 is 8.49. The maximum Gasteiger partial charge on any atom is 0.0746 e. The lowest BCUT2D eigenvalue weighted by molar-refractivity contribution is 1.40. The maximum absolute atomic E-state index is 6.26. The molecule has 0 aliphatic rings. The molecule has 0 saturated heterocycles. The zero-order valence-corrected chi connectivity index (χ0v) is 13.3. The Labute approximate surface area is 135 Å². The van der Waals surface area contributed by atoms with E-state index >= 15 is 0 Å². The molecular formula is C15H11ClIN3. The second-order valence-corrected chi connectivity index (χ2v) is 6.01. The van der Waals surface area contributed by atoms with E-state index in [-0.39, 0.29) is 0 Å². The minimum Gasteiger partial charge on any atom is -0.396 e. The number of halogens is 2. The van der Waals surface area contributed by atoms with Gasteiger partial charge in [-0.3, -0.25) is 4.98 Å². The third-order valence-corrected chi connectivity index (χ3v) is 3.98. The largest absolute Gasteiger partial charge is 0.396 e. The first kappa shape index (κ1) is 13.5. The van der Waals surface area contributed by atoms with Crippen LogP contribution in [-0.2, 0) is 0 Å². The molecule has 0 bridgehead atoms. The molecule has 0 saturated carbocycles. The van der Waals surface area contributed by atoms with E-state index in [2.05, 4.69) is 32.9 Å². The Balaban J connectivity index is 2.12. The lowest BCUT2D eigenvalue weighted by Gasteiger charge is -2.13. The number of benzene rings is 2. The van der Waals surface area contributed by atoms with Crippen LogP contribution in [0.25, 0.3) is 10.9 Å². The average molecular weight is 396 g/mol. The summed E-state index contributed by atoms with van der Waals surface area (Å²) in [5.41, 5.74) is 9.20. The Bertz CT molecular complexity index is 789. The van der Waals surface area contributed by atoms with Crippen molar-refractivity contribution in [2.75, 3.05) is 11.1 Å². The minimum absolute atomic E-state index is 0.596. The Hall–Kier alpha value is -1.53. The van der Waals surface area contributed by atoms with Crippen molar-refractivity contribution in [3.63, 3.8) is 0 Å². The van der Waals surface area contributed by atoms with Crippen molar-refractivity contribution >= 4 is 62.2 Å². The average Bonchev–Trinajstić information content (AvgIpc) is 2.44. The predicted octanol–water partition coefficient (Wildman–Crippen LogP) is 4.82. The molecule has 0 fully saturated rings. The number of hydrogen-bond donors (Lipinski definition) is 2. The van der Waals surface area contributed by atoms with E-state index in [0.29, 0.717) is 10.7 Å². The van der Waals surface area contributed by atoms with Crippen LogP contribution in [0.2, 0.25) is 5.02 Å². The van der Waals surface area contributed by atoms with E-state index in [1.807, 2.05) is 42.5 Å². The summed E-state index contributed by atoms with van der Waals surface area (Å²) in [5.74, 6) is 0. The number of aromatic nitrogens is 1. The first-order valence-corrected chi connectivity index (χ1v) is 7.46. The summed E-state index contributed by atoms with van der Waals surface area (Å²) in [6.45, 7) is 0. The van der Waals surface area contributed by atoms with Crippen LogP contribution in [0.4, 0.5) is 17.1 Å². The van der Waals surface area contributed by atoms with Gasteiger partial charge in [0.15, 0.2) is 0 Å². The van der Waals surface area contributed by atoms with Crippen LogP contribution in [0, 0.1) is 3.57 Å². The summed E-state index contributed by atoms with van der Waals surface area (Å²) < 4.78 is 1.09. The first-order chi connectivity index (χ1) is 9.65. The van der Waals surface area contributed by atoms with Gasteiger partial charge in [0.25, 0.3) is 0 Å². The smallest absolute Gasteiger partial charge is 0.0746 e. The number of nitrogen functional groups attached to an aromatic ring is 1. The number of pyridine rings is 1. The molecule has 2 aromatic carbocycles. The number of anilines is 3. The standard InChI is InChI=1S/C15H11ClIN3/c16-11-7-9(17)5-6-14(11)20-15-10-3-1-2-4-13(10)19-8-12(15)18/h1-8H,18H2,(H,19,20). The van der Waals surface area contributed by atoms with Crippen molar-refractivity contribution in [3.05, 3.63) is 57.3 Å². The lowest BCUT2D eigenvalue weighted by Crippen LogP contribution is -1.99. The molecule has 1 heterocycles. The van der Waals surface area contributed by atoms with Gasteiger partial charge in [0.05, 0.1) is 33.8 Å². The van der Waals surface area contributed by atoms with Gasteiger partial charge in [-0.25, -0.2) is 0 Å². The minimum atomic E-state index is 0.596. The van der Waals surface area contributed by atoms with Crippen molar-refractivity contribution < 1.29 is 0 Å². The van der Waals surface area contributed by atoms with Crippen molar-refractivity contribution in [1.82, 2.24) is 4.98 Å². The quantitative estimate of drug-likeness (QED) is 0.612. The number of nitrogens with two attached hydrogens (primary N) is 1. The van der Waals surface area contributed by atoms with Crippen LogP contribution in [0.15, 0.2) is 48.7 Å². The van der Waals surface area contributed by atoms with Crippen LogP contribution in [-0.4, -0.2) is 4.98 Å². The second kappa shape index (κ2) is 5.46. The predicted molar refractivity (Wildman–Crippen MR) is 93.6 cm³/mol. The summed E-state index contributed by atoms with van der Waals surface area (Å²) in [6.07, 6.45) is 1.66. The van der Waals surface area contributed by atoms with E-state index < -0.39 is 0 Å². The Morgan fingerprint density at radius 2 is 1.95 bits per heavy atom. The normalized spacial score (nSPS) is 10.7. The summed E-state index contributed by atoms with van der Waals surface area (Å²) in [6, 6.07) is 13.7. The van der Waals surface area contributed by atoms with Gasteiger partial charge in [0.2, 0.25) is 0 Å². The molecule has 0 unspecified atom stereocenters. The van der Waals surface area contributed by atoms with Crippen LogP contribution in [0.5, 0.6) is 0 Å². The van der Waals surface area contributed by atoms with E-state index in [4.69, 9.17) is 17.3 Å². The summed E-state index contributed by atoms with van der Waals surface area (Å²) in [7, 11) is 0. The number of para-hydroxylation sites is 1. The first-order valence-electron chi connectivity index (χ1n) is 6.00. The molecule has 0 spiro atoms. The highest BCUT2D eigenvalue weighted by Gasteiger charge is 2.08. The van der Waals surface area contributed by atoms with Gasteiger partial charge in [-0.15, -0.1) is 0 Å². The Morgan fingerprint density at radius 3 is 2.75 bits per heavy atom. The molecular weight excluding hydrogens is 385 g/mol. The SMILES string of the molecule is Nc1cnc2ccccc2c1Nc1ccc(I)cc1Cl. The third-order valence-electron chi connectivity index (χ3n) is 3.00. The molecule has 1 aromatic heterocycles. The molecule has 0 amide bonds. The number of nitrogens with one attached hydrogen (secondary N) is 1. The highest BCUT2D eigenvalue weighted by molar-refractivity contribution is 14.1. The number of nitrogens with zero attached hydrogens (tertiary/aromatic N) is 1. The number of hydrogen-bond acceptors (Lipinski definition) is 3. The molecule has 0 radical (unpaired) electrons.